The van der Waals surface area contributed by atoms with Crippen molar-refractivity contribution in [3.05, 3.63) is 40.8 Å². The van der Waals surface area contributed by atoms with E-state index in [1.165, 1.54) is 19.1 Å². The summed E-state index contributed by atoms with van der Waals surface area (Å²) in [6, 6.07) is 7.52. The first-order valence-electron chi connectivity index (χ1n) is 7.89. The van der Waals surface area contributed by atoms with Crippen molar-refractivity contribution in [2.24, 2.45) is 0 Å². The molecule has 140 valence electrons. The molecule has 3 N–H and O–H groups in total. The smallest absolute Gasteiger partial charge is 0.336 e. The quantitative estimate of drug-likeness (QED) is 0.485. The Kier molecular flexibility index (Phi) is 5.23. The van der Waals surface area contributed by atoms with E-state index in [-0.39, 0.29) is 17.9 Å². The number of carbonyl (C=O) groups is 1. The summed E-state index contributed by atoms with van der Waals surface area (Å²) in [5.74, 6) is -0.367. The lowest BCUT2D eigenvalue weighted by Gasteiger charge is -2.39. The Hall–Kier alpha value is -2.46. The van der Waals surface area contributed by atoms with E-state index in [0.29, 0.717) is 5.39 Å². The van der Waals surface area contributed by atoms with Crippen molar-refractivity contribution in [2.45, 2.75) is 37.6 Å². The molecule has 0 saturated carbocycles. The highest BCUT2D eigenvalue weighted by Crippen LogP contribution is 2.26. The largest absolute Gasteiger partial charge is 0.463 e. The molecule has 1 fully saturated rings. The van der Waals surface area contributed by atoms with Gasteiger partial charge in [-0.15, -0.1) is 0 Å². The van der Waals surface area contributed by atoms with Gasteiger partial charge in [0.2, 0.25) is 6.29 Å². The van der Waals surface area contributed by atoms with Gasteiger partial charge in [0.15, 0.2) is 0 Å². The molecule has 0 unspecified atom stereocenters. The number of aliphatic hydroxyl groups is 3. The fourth-order valence-electron chi connectivity index (χ4n) is 2.60. The lowest BCUT2D eigenvalue weighted by molar-refractivity contribution is -0.278. The van der Waals surface area contributed by atoms with E-state index in [2.05, 4.69) is 0 Å². The van der Waals surface area contributed by atoms with Crippen molar-refractivity contribution in [3.8, 4) is 5.75 Å². The van der Waals surface area contributed by atoms with Crippen LogP contribution in [0.1, 0.15) is 6.92 Å². The maximum Gasteiger partial charge on any atom is 0.336 e. The number of hydrogen-bond acceptors (Lipinski definition) is 9. The molecule has 26 heavy (non-hydrogen) atoms. The third kappa shape index (κ3) is 3.86. The van der Waals surface area contributed by atoms with Crippen molar-refractivity contribution < 1.29 is 38.7 Å². The fraction of sp³-hybridized carbons (Fsp3) is 0.412. The molecule has 2 aromatic rings. The maximum absolute atomic E-state index is 11.3. The molecule has 0 bridgehead atoms. The molecule has 1 aromatic heterocycles. The maximum atomic E-state index is 11.3. The highest BCUT2D eigenvalue weighted by molar-refractivity contribution is 5.77. The van der Waals surface area contributed by atoms with Gasteiger partial charge in [0.05, 0.1) is 0 Å². The second kappa shape index (κ2) is 7.42. The first kappa shape index (κ1) is 18.3. The van der Waals surface area contributed by atoms with Gasteiger partial charge in [0.1, 0.15) is 42.4 Å². The highest BCUT2D eigenvalue weighted by atomic mass is 16.7. The number of aliphatic hydroxyl groups excluding tert-OH is 3. The molecule has 9 nitrogen and oxygen atoms in total. The van der Waals surface area contributed by atoms with E-state index in [0.717, 1.165) is 0 Å². The molecule has 5 atom stereocenters. The van der Waals surface area contributed by atoms with Crippen molar-refractivity contribution in [2.75, 3.05) is 6.61 Å². The lowest BCUT2D eigenvalue weighted by Crippen LogP contribution is -2.60. The van der Waals surface area contributed by atoms with E-state index < -0.39 is 42.3 Å². The zero-order valence-electron chi connectivity index (χ0n) is 13.8. The topological polar surface area (TPSA) is 136 Å². The predicted octanol–water partition coefficient (Wildman–Crippen LogP) is -0.458. The van der Waals surface area contributed by atoms with Crippen LogP contribution in [0.15, 0.2) is 39.5 Å². The van der Waals surface area contributed by atoms with Gasteiger partial charge in [-0.25, -0.2) is 4.79 Å². The zero-order chi connectivity index (χ0) is 18.8. The van der Waals surface area contributed by atoms with Gasteiger partial charge in [-0.3, -0.25) is 4.79 Å². The molecular formula is C17H18O9. The zero-order valence-corrected chi connectivity index (χ0v) is 13.8. The Morgan fingerprint density at radius 1 is 1.12 bits per heavy atom. The Balaban J connectivity index is 1.78. The summed E-state index contributed by atoms with van der Waals surface area (Å²) in [4.78, 5) is 22.2. The van der Waals surface area contributed by atoms with Crippen LogP contribution in [0.4, 0.5) is 0 Å². The molecule has 0 aliphatic carbocycles. The average molecular weight is 366 g/mol. The Bertz CT molecular complexity index is 845. The number of esters is 1. The second-order valence-electron chi connectivity index (χ2n) is 5.89. The summed E-state index contributed by atoms with van der Waals surface area (Å²) in [6.07, 6.45) is -6.98. The summed E-state index contributed by atoms with van der Waals surface area (Å²) in [6.45, 7) is 0.879. The summed E-state index contributed by atoms with van der Waals surface area (Å²) >= 11 is 0. The summed E-state index contributed by atoms with van der Waals surface area (Å²) < 4.78 is 20.8. The van der Waals surface area contributed by atoms with Gasteiger partial charge >= 0.3 is 11.6 Å². The molecule has 0 radical (unpaired) electrons. The number of fused-ring (bicyclic) bond motifs is 1. The molecule has 1 aromatic carbocycles. The monoisotopic (exact) mass is 366 g/mol. The number of hydrogen-bond donors (Lipinski definition) is 3. The van der Waals surface area contributed by atoms with Crippen LogP contribution in [-0.2, 0) is 14.3 Å². The molecular weight excluding hydrogens is 348 g/mol. The van der Waals surface area contributed by atoms with Crippen molar-refractivity contribution >= 4 is 16.9 Å². The predicted molar refractivity (Wildman–Crippen MR) is 86.4 cm³/mol. The van der Waals surface area contributed by atoms with E-state index >= 15 is 0 Å². The molecule has 1 aliphatic rings. The molecule has 2 heterocycles. The number of ether oxygens (including phenoxy) is 3. The Labute approximate surface area is 147 Å². The minimum Gasteiger partial charge on any atom is -0.463 e. The molecule has 0 amide bonds. The second-order valence-corrected chi connectivity index (χ2v) is 5.89. The van der Waals surface area contributed by atoms with Crippen LogP contribution in [-0.4, -0.2) is 58.6 Å². The van der Waals surface area contributed by atoms with Gasteiger partial charge in [-0.1, -0.05) is 0 Å². The summed E-state index contributed by atoms with van der Waals surface area (Å²) in [7, 11) is 0. The van der Waals surface area contributed by atoms with E-state index in [1.807, 2.05) is 0 Å². The van der Waals surface area contributed by atoms with Crippen LogP contribution in [0.5, 0.6) is 5.75 Å². The molecule has 0 spiro atoms. The van der Waals surface area contributed by atoms with Crippen LogP contribution in [0, 0.1) is 0 Å². The average Bonchev–Trinajstić information content (AvgIpc) is 2.60. The Morgan fingerprint density at radius 3 is 2.58 bits per heavy atom. The van der Waals surface area contributed by atoms with E-state index in [1.54, 1.807) is 18.2 Å². The summed E-state index contributed by atoms with van der Waals surface area (Å²) in [5.41, 5.74) is -0.249. The minimum atomic E-state index is -1.56. The number of benzene rings is 1. The van der Waals surface area contributed by atoms with Crippen molar-refractivity contribution in [3.63, 3.8) is 0 Å². The van der Waals surface area contributed by atoms with Crippen LogP contribution < -0.4 is 10.4 Å². The van der Waals surface area contributed by atoms with Gasteiger partial charge in [-0.2, -0.15) is 0 Å². The third-order valence-electron chi connectivity index (χ3n) is 3.97. The highest BCUT2D eigenvalue weighted by Gasteiger charge is 2.45. The van der Waals surface area contributed by atoms with Crippen LogP contribution in [0.3, 0.4) is 0 Å². The molecule has 1 saturated heterocycles. The first-order valence-corrected chi connectivity index (χ1v) is 7.89. The summed E-state index contributed by atoms with van der Waals surface area (Å²) in [5, 5.41) is 30.7. The molecule has 1 aliphatic heterocycles. The Morgan fingerprint density at radius 2 is 1.85 bits per heavy atom. The molecule has 3 rings (SSSR count). The van der Waals surface area contributed by atoms with Crippen LogP contribution in [0.25, 0.3) is 11.0 Å². The van der Waals surface area contributed by atoms with Gasteiger partial charge in [0.25, 0.3) is 0 Å². The van der Waals surface area contributed by atoms with Crippen LogP contribution >= 0.6 is 0 Å². The fourth-order valence-corrected chi connectivity index (χ4v) is 2.60. The SMILES string of the molecule is CC(=O)OC[C@H]1O[C@@H](Oc2ccc3ccc(=O)oc3c2)[C@H](O)[C@@H](O)[C@@H]1O. The van der Waals surface area contributed by atoms with Crippen molar-refractivity contribution in [1.29, 1.82) is 0 Å². The van der Waals surface area contributed by atoms with Crippen molar-refractivity contribution in [1.82, 2.24) is 0 Å². The van der Waals surface area contributed by atoms with Gasteiger partial charge in [0, 0.05) is 24.4 Å². The van der Waals surface area contributed by atoms with Crippen LogP contribution in [0.2, 0.25) is 0 Å². The third-order valence-corrected chi connectivity index (χ3v) is 3.97. The minimum absolute atomic E-state index is 0.214. The normalized spacial score (nSPS) is 28.7. The number of rotatable bonds is 4. The number of carbonyl (C=O) groups excluding carboxylic acids is 1. The molecule has 9 heteroatoms. The first-order chi connectivity index (χ1) is 12.3. The standard InChI is InChI=1S/C17H18O9/c1-8(18)23-7-12-14(20)15(21)16(22)17(26-12)24-10-4-2-9-3-5-13(19)25-11(9)6-10/h2-6,12,14-17,20-22H,7H2,1H3/t12-,14-,15+,16-,17-/m1/s1. The van der Waals surface area contributed by atoms with E-state index in [4.69, 9.17) is 18.6 Å². The lowest BCUT2D eigenvalue weighted by atomic mass is 9.99. The van der Waals surface area contributed by atoms with E-state index in [9.17, 15) is 24.9 Å². The van der Waals surface area contributed by atoms with Gasteiger partial charge < -0.3 is 33.9 Å². The van der Waals surface area contributed by atoms with Gasteiger partial charge in [-0.05, 0) is 18.2 Å².